The first kappa shape index (κ1) is 26.3. The largest absolute Gasteiger partial charge is 0.499 e. The highest BCUT2D eigenvalue weighted by Crippen LogP contribution is 2.43. The molecule has 0 unspecified atom stereocenters. The van der Waals surface area contributed by atoms with Crippen molar-refractivity contribution in [3.8, 4) is 5.75 Å². The van der Waals surface area contributed by atoms with E-state index in [0.29, 0.717) is 5.92 Å². The van der Waals surface area contributed by atoms with E-state index < -0.39 is 18.0 Å². The molecule has 2 aliphatic rings. The summed E-state index contributed by atoms with van der Waals surface area (Å²) in [6, 6.07) is 5.58. The zero-order valence-electron chi connectivity index (χ0n) is 19.8. The van der Waals surface area contributed by atoms with Gasteiger partial charge in [0.1, 0.15) is 5.75 Å². The van der Waals surface area contributed by atoms with E-state index in [4.69, 9.17) is 0 Å². The van der Waals surface area contributed by atoms with Crippen LogP contribution in [-0.4, -0.2) is 12.3 Å². The Morgan fingerprint density at radius 2 is 1.24 bits per heavy atom. The average molecular weight is 475 g/mol. The van der Waals surface area contributed by atoms with Crippen LogP contribution in [0.2, 0.25) is 0 Å². The maximum absolute atomic E-state index is 13.0. The summed E-state index contributed by atoms with van der Waals surface area (Å²) in [5.74, 6) is 2.96. The van der Waals surface area contributed by atoms with Gasteiger partial charge in [0, 0.05) is 0 Å². The number of alkyl halides is 5. The third-order valence-electron chi connectivity index (χ3n) is 8.01. The smallest absolute Gasteiger partial charge is 0.426 e. The van der Waals surface area contributed by atoms with E-state index in [-0.39, 0.29) is 0 Å². The van der Waals surface area contributed by atoms with E-state index in [1.54, 1.807) is 12.1 Å². The average Bonchev–Trinajstić information content (AvgIpc) is 2.79. The topological polar surface area (TPSA) is 9.23 Å². The maximum Gasteiger partial charge on any atom is 0.499 e. The van der Waals surface area contributed by atoms with Gasteiger partial charge in [0.15, 0.2) is 0 Å². The molecule has 2 aliphatic carbocycles. The van der Waals surface area contributed by atoms with E-state index in [0.717, 1.165) is 36.2 Å². The van der Waals surface area contributed by atoms with E-state index in [2.05, 4.69) is 11.7 Å². The van der Waals surface area contributed by atoms with Crippen LogP contribution in [0.1, 0.15) is 96.0 Å². The summed E-state index contributed by atoms with van der Waals surface area (Å²) in [4.78, 5) is 0. The van der Waals surface area contributed by atoms with E-state index in [9.17, 15) is 22.0 Å². The van der Waals surface area contributed by atoms with Gasteiger partial charge in [-0.3, -0.25) is 0 Å². The second kappa shape index (κ2) is 11.9. The Morgan fingerprint density at radius 1 is 0.727 bits per heavy atom. The second-order valence-electron chi connectivity index (χ2n) is 10.4. The summed E-state index contributed by atoms with van der Waals surface area (Å²) in [6.07, 6.45) is 7.23. The van der Waals surface area contributed by atoms with Gasteiger partial charge >= 0.3 is 12.3 Å². The molecule has 1 aromatic rings. The van der Waals surface area contributed by atoms with Crippen molar-refractivity contribution in [1.29, 1.82) is 0 Å². The lowest BCUT2D eigenvalue weighted by Gasteiger charge is -2.38. The van der Waals surface area contributed by atoms with Gasteiger partial charge < -0.3 is 4.74 Å². The predicted octanol–water partition coefficient (Wildman–Crippen LogP) is 9.35. The number of hydrogen-bond acceptors (Lipinski definition) is 1. The van der Waals surface area contributed by atoms with Gasteiger partial charge in [-0.05, 0) is 79.9 Å². The number of aryl methyl sites for hydroxylation is 1. The Hall–Kier alpha value is -1.33. The summed E-state index contributed by atoms with van der Waals surface area (Å²) in [5, 5.41) is 0. The number of unbranched alkanes of at least 4 members (excludes halogenated alkanes) is 2. The van der Waals surface area contributed by atoms with Gasteiger partial charge in [0.05, 0.1) is 0 Å². The van der Waals surface area contributed by atoms with Crippen LogP contribution in [0.15, 0.2) is 24.3 Å². The van der Waals surface area contributed by atoms with Crippen LogP contribution in [0.25, 0.3) is 0 Å². The van der Waals surface area contributed by atoms with E-state index in [1.165, 1.54) is 89.2 Å². The lowest BCUT2D eigenvalue weighted by molar-refractivity contribution is -0.360. The third-order valence-corrected chi connectivity index (χ3v) is 8.01. The molecule has 2 saturated carbocycles. The predicted molar refractivity (Wildman–Crippen MR) is 121 cm³/mol. The van der Waals surface area contributed by atoms with Crippen molar-refractivity contribution in [1.82, 2.24) is 0 Å². The van der Waals surface area contributed by atoms with Crippen LogP contribution in [0.4, 0.5) is 22.0 Å². The lowest BCUT2D eigenvalue weighted by Crippen LogP contribution is -2.41. The SMILES string of the molecule is CCCCCC1CCC(C2CCC(CCc3ccc(OC(F)(F)C(F)(F)F)cc3)CC2)CC1. The highest BCUT2D eigenvalue weighted by Gasteiger charge is 2.61. The summed E-state index contributed by atoms with van der Waals surface area (Å²) in [5.41, 5.74) is 0.946. The fourth-order valence-corrected chi connectivity index (χ4v) is 5.88. The van der Waals surface area contributed by atoms with Gasteiger partial charge in [-0.1, -0.05) is 70.4 Å². The minimum Gasteiger partial charge on any atom is -0.426 e. The summed E-state index contributed by atoms with van der Waals surface area (Å²) in [7, 11) is 0. The minimum absolute atomic E-state index is 0.471. The number of rotatable bonds is 10. The van der Waals surface area contributed by atoms with Crippen molar-refractivity contribution < 1.29 is 26.7 Å². The third kappa shape index (κ3) is 7.85. The summed E-state index contributed by atoms with van der Waals surface area (Å²) >= 11 is 0. The van der Waals surface area contributed by atoms with Gasteiger partial charge in [-0.15, -0.1) is 0 Å². The van der Waals surface area contributed by atoms with Crippen LogP contribution in [-0.2, 0) is 6.42 Å². The molecule has 6 heteroatoms. The number of benzene rings is 1. The zero-order valence-corrected chi connectivity index (χ0v) is 19.8. The fraction of sp³-hybridized carbons (Fsp3) is 0.778. The standard InChI is InChI=1S/C27H39F5O/c1-2-3-4-5-20-8-14-23(15-9-20)24-16-10-21(11-17-24)6-7-22-12-18-25(19-13-22)33-27(31,32)26(28,29)30/h12-13,18-21,23-24H,2-11,14-17H2,1H3. The van der Waals surface area contributed by atoms with E-state index >= 15 is 0 Å². The first-order valence-electron chi connectivity index (χ1n) is 12.9. The van der Waals surface area contributed by atoms with E-state index in [1.807, 2.05) is 0 Å². The summed E-state index contributed by atoms with van der Waals surface area (Å²) < 4.78 is 66.7. The molecule has 0 aromatic heterocycles. The van der Waals surface area contributed by atoms with Crippen LogP contribution in [0, 0.1) is 23.7 Å². The number of ether oxygens (including phenoxy) is 1. The van der Waals surface area contributed by atoms with Crippen molar-refractivity contribution in [3.63, 3.8) is 0 Å². The van der Waals surface area contributed by atoms with Crippen molar-refractivity contribution in [3.05, 3.63) is 29.8 Å². The molecule has 0 spiro atoms. The molecule has 33 heavy (non-hydrogen) atoms. The molecule has 0 amide bonds. The Labute approximate surface area is 195 Å². The first-order chi connectivity index (χ1) is 15.7. The molecule has 2 fully saturated rings. The van der Waals surface area contributed by atoms with Crippen LogP contribution in [0.3, 0.4) is 0 Å². The molecule has 1 nitrogen and oxygen atoms in total. The highest BCUT2D eigenvalue weighted by molar-refractivity contribution is 5.27. The van der Waals surface area contributed by atoms with Gasteiger partial charge in [0.2, 0.25) is 0 Å². The second-order valence-corrected chi connectivity index (χ2v) is 10.4. The van der Waals surface area contributed by atoms with Gasteiger partial charge in [0.25, 0.3) is 0 Å². The van der Waals surface area contributed by atoms with Crippen molar-refractivity contribution in [2.45, 2.75) is 109 Å². The quantitative estimate of drug-likeness (QED) is 0.242. The molecule has 0 radical (unpaired) electrons. The minimum atomic E-state index is -5.72. The number of halogens is 5. The molecule has 0 bridgehead atoms. The molecule has 188 valence electrons. The first-order valence-corrected chi connectivity index (χ1v) is 12.9. The Balaban J connectivity index is 1.35. The Morgan fingerprint density at radius 3 is 1.73 bits per heavy atom. The monoisotopic (exact) mass is 474 g/mol. The Bertz CT molecular complexity index is 683. The molecule has 0 N–H and O–H groups in total. The zero-order chi connectivity index (χ0) is 23.9. The van der Waals surface area contributed by atoms with Crippen LogP contribution in [0.5, 0.6) is 5.75 Å². The molecule has 1 aromatic carbocycles. The summed E-state index contributed by atoms with van der Waals surface area (Å²) in [6.45, 7) is 2.27. The Kier molecular flexibility index (Phi) is 9.46. The van der Waals surface area contributed by atoms with Crippen molar-refractivity contribution in [2.75, 3.05) is 0 Å². The molecule has 3 rings (SSSR count). The maximum atomic E-state index is 13.0. The van der Waals surface area contributed by atoms with Crippen molar-refractivity contribution in [2.24, 2.45) is 23.7 Å². The molecule has 0 atom stereocenters. The van der Waals surface area contributed by atoms with Crippen molar-refractivity contribution >= 4 is 0 Å². The number of hydrogen-bond donors (Lipinski definition) is 0. The fourth-order valence-electron chi connectivity index (χ4n) is 5.88. The molecule has 0 aliphatic heterocycles. The normalized spacial score (nSPS) is 26.8. The molecule has 0 heterocycles. The van der Waals surface area contributed by atoms with Crippen LogP contribution >= 0.6 is 0 Å². The molecular weight excluding hydrogens is 435 g/mol. The van der Waals surface area contributed by atoms with Gasteiger partial charge in [-0.25, -0.2) is 0 Å². The highest BCUT2D eigenvalue weighted by atomic mass is 19.4. The lowest BCUT2D eigenvalue weighted by atomic mass is 9.68. The van der Waals surface area contributed by atoms with Crippen LogP contribution < -0.4 is 4.74 Å². The molecule has 0 saturated heterocycles. The van der Waals surface area contributed by atoms with Gasteiger partial charge in [-0.2, -0.15) is 22.0 Å². The molecular formula is C27H39F5O.